The SMILES string of the molecule is C[C@H](C[C@@]1(C)OCC(C)(C)c2c1c1c(OCc3ccccc3)cccc1n2-c1ccc(F)cc1)c1ccc(C(=O)O)cc1. The fraction of sp³-hybridized carbons (Fsp3) is 0.270. The van der Waals surface area contributed by atoms with Gasteiger partial charge in [-0.05, 0) is 78.9 Å². The van der Waals surface area contributed by atoms with Crippen LogP contribution in [0.5, 0.6) is 5.75 Å². The molecule has 4 aromatic carbocycles. The zero-order chi connectivity index (χ0) is 30.4. The molecule has 0 saturated carbocycles. The van der Waals surface area contributed by atoms with Gasteiger partial charge in [0.25, 0.3) is 0 Å². The van der Waals surface area contributed by atoms with Crippen molar-refractivity contribution in [1.82, 2.24) is 4.57 Å². The smallest absolute Gasteiger partial charge is 0.335 e. The van der Waals surface area contributed by atoms with Crippen molar-refractivity contribution in [2.45, 2.75) is 57.7 Å². The highest BCUT2D eigenvalue weighted by molar-refractivity contribution is 5.94. The summed E-state index contributed by atoms with van der Waals surface area (Å²) in [5.41, 5.74) is 5.38. The van der Waals surface area contributed by atoms with E-state index in [-0.39, 0.29) is 22.7 Å². The number of fused-ring (bicyclic) bond motifs is 3. The molecule has 43 heavy (non-hydrogen) atoms. The van der Waals surface area contributed by atoms with Gasteiger partial charge in [-0.3, -0.25) is 0 Å². The third-order valence-electron chi connectivity index (χ3n) is 8.62. The second-order valence-corrected chi connectivity index (χ2v) is 12.4. The molecule has 0 bridgehead atoms. The third-order valence-corrected chi connectivity index (χ3v) is 8.62. The number of ether oxygens (including phenoxy) is 2. The maximum atomic E-state index is 14.1. The number of carboxylic acid groups (broad SMARTS) is 1. The molecule has 0 amide bonds. The van der Waals surface area contributed by atoms with Gasteiger partial charge in [-0.15, -0.1) is 0 Å². The highest BCUT2D eigenvalue weighted by Gasteiger charge is 2.47. The van der Waals surface area contributed by atoms with E-state index in [4.69, 9.17) is 9.47 Å². The summed E-state index contributed by atoms with van der Waals surface area (Å²) in [6.07, 6.45) is 0.665. The van der Waals surface area contributed by atoms with E-state index in [1.807, 2.05) is 66.7 Å². The molecule has 1 N–H and O–H groups in total. The molecular weight excluding hydrogens is 541 g/mol. The van der Waals surface area contributed by atoms with Crippen LogP contribution in [0, 0.1) is 5.82 Å². The maximum Gasteiger partial charge on any atom is 0.335 e. The molecule has 6 heteroatoms. The molecule has 0 fully saturated rings. The van der Waals surface area contributed by atoms with E-state index in [0.717, 1.165) is 44.7 Å². The average molecular weight is 578 g/mol. The van der Waals surface area contributed by atoms with E-state index >= 15 is 0 Å². The molecule has 0 aliphatic carbocycles. The largest absolute Gasteiger partial charge is 0.488 e. The maximum absolute atomic E-state index is 14.1. The Balaban J connectivity index is 1.53. The van der Waals surface area contributed by atoms with Crippen LogP contribution < -0.4 is 4.74 Å². The summed E-state index contributed by atoms with van der Waals surface area (Å²) < 4.78 is 29.7. The molecule has 1 aliphatic rings. The Morgan fingerprint density at radius 2 is 1.65 bits per heavy atom. The van der Waals surface area contributed by atoms with Crippen molar-refractivity contribution in [3.8, 4) is 11.4 Å². The topological polar surface area (TPSA) is 60.7 Å². The number of aromatic carboxylic acids is 1. The highest BCUT2D eigenvalue weighted by Crippen LogP contribution is 2.52. The number of halogens is 1. The monoisotopic (exact) mass is 577 g/mol. The van der Waals surface area contributed by atoms with Gasteiger partial charge in [-0.1, -0.05) is 69.3 Å². The minimum absolute atomic E-state index is 0.0727. The Labute approximate surface area is 251 Å². The lowest BCUT2D eigenvalue weighted by atomic mass is 9.74. The lowest BCUT2D eigenvalue weighted by Crippen LogP contribution is -2.43. The lowest BCUT2D eigenvalue weighted by Gasteiger charge is -2.44. The molecule has 0 unspecified atom stereocenters. The van der Waals surface area contributed by atoms with Crippen LogP contribution in [0.15, 0.2) is 97.1 Å². The zero-order valence-electron chi connectivity index (χ0n) is 24.9. The molecule has 0 saturated heterocycles. The van der Waals surface area contributed by atoms with Crippen molar-refractivity contribution < 1.29 is 23.8 Å². The normalized spacial score (nSPS) is 18.3. The van der Waals surface area contributed by atoms with Crippen LogP contribution in [0.3, 0.4) is 0 Å². The molecule has 2 atom stereocenters. The Bertz CT molecular complexity index is 1770. The van der Waals surface area contributed by atoms with Gasteiger partial charge in [0.15, 0.2) is 0 Å². The van der Waals surface area contributed by atoms with Gasteiger partial charge in [0.2, 0.25) is 0 Å². The van der Waals surface area contributed by atoms with Crippen LogP contribution in [0.1, 0.15) is 72.8 Å². The van der Waals surface area contributed by atoms with Gasteiger partial charge in [-0.25, -0.2) is 9.18 Å². The summed E-state index contributed by atoms with van der Waals surface area (Å²) in [6.45, 7) is 9.58. The van der Waals surface area contributed by atoms with E-state index in [0.29, 0.717) is 19.6 Å². The number of hydrogen-bond acceptors (Lipinski definition) is 3. The molecule has 2 heterocycles. The third kappa shape index (κ3) is 5.32. The van der Waals surface area contributed by atoms with Gasteiger partial charge in [0.1, 0.15) is 18.2 Å². The average Bonchev–Trinajstić information content (AvgIpc) is 3.38. The lowest BCUT2D eigenvalue weighted by molar-refractivity contribution is -0.0801. The molecule has 1 aromatic heterocycles. The van der Waals surface area contributed by atoms with Crippen molar-refractivity contribution in [2.75, 3.05) is 6.61 Å². The van der Waals surface area contributed by atoms with Crippen molar-refractivity contribution in [3.05, 3.63) is 131 Å². The van der Waals surface area contributed by atoms with Gasteiger partial charge in [0, 0.05) is 27.7 Å². The number of benzene rings is 4. The number of rotatable bonds is 8. The summed E-state index contributed by atoms with van der Waals surface area (Å²) in [5.74, 6) is -0.380. The first kappa shape index (κ1) is 28.7. The Kier molecular flexibility index (Phi) is 7.35. The van der Waals surface area contributed by atoms with Crippen LogP contribution in [0.25, 0.3) is 16.6 Å². The minimum atomic E-state index is -0.940. The van der Waals surface area contributed by atoms with E-state index < -0.39 is 11.6 Å². The second kappa shape index (κ2) is 11.0. The van der Waals surface area contributed by atoms with Crippen LogP contribution >= 0.6 is 0 Å². The predicted octanol–water partition coefficient (Wildman–Crippen LogP) is 8.76. The van der Waals surface area contributed by atoms with E-state index in [2.05, 4.69) is 38.3 Å². The molecular formula is C37H36FNO4. The van der Waals surface area contributed by atoms with Crippen molar-refractivity contribution >= 4 is 16.9 Å². The fourth-order valence-electron chi connectivity index (χ4n) is 6.48. The highest BCUT2D eigenvalue weighted by atomic mass is 19.1. The van der Waals surface area contributed by atoms with Gasteiger partial charge < -0.3 is 19.1 Å². The van der Waals surface area contributed by atoms with Crippen LogP contribution in [0.2, 0.25) is 0 Å². The molecule has 6 rings (SSSR count). The predicted molar refractivity (Wildman–Crippen MR) is 167 cm³/mol. The first-order valence-corrected chi connectivity index (χ1v) is 14.7. The summed E-state index contributed by atoms with van der Waals surface area (Å²) in [7, 11) is 0. The Morgan fingerprint density at radius 1 is 0.953 bits per heavy atom. The summed E-state index contributed by atoms with van der Waals surface area (Å²) in [5, 5.41) is 10.4. The standard InChI is InChI=1S/C37H36FNO4/c1-24(26-13-15-27(16-14-26)35(40)41)21-37(4)33-32-30(11-8-12-31(32)42-22-25-9-6-5-7-10-25)39(29-19-17-28(38)18-20-29)34(33)36(2,3)23-43-37/h5-20,24H,21-23H2,1-4H3,(H,40,41)/t24-,37-/m1/s1. The van der Waals surface area contributed by atoms with Crippen LogP contribution in [-0.4, -0.2) is 22.2 Å². The minimum Gasteiger partial charge on any atom is -0.488 e. The summed E-state index contributed by atoms with van der Waals surface area (Å²) >= 11 is 0. The summed E-state index contributed by atoms with van der Waals surface area (Å²) in [4.78, 5) is 11.4. The summed E-state index contributed by atoms with van der Waals surface area (Å²) in [6, 6.07) is 29.9. The fourth-order valence-corrected chi connectivity index (χ4v) is 6.48. The van der Waals surface area contributed by atoms with E-state index in [1.54, 1.807) is 12.1 Å². The first-order valence-electron chi connectivity index (χ1n) is 14.7. The number of hydrogen-bond donors (Lipinski definition) is 1. The number of aromatic nitrogens is 1. The molecule has 0 radical (unpaired) electrons. The molecule has 220 valence electrons. The van der Waals surface area contributed by atoms with Gasteiger partial charge in [-0.2, -0.15) is 0 Å². The second-order valence-electron chi connectivity index (χ2n) is 12.4. The van der Waals surface area contributed by atoms with Crippen LogP contribution in [-0.2, 0) is 22.4 Å². The molecule has 5 aromatic rings. The van der Waals surface area contributed by atoms with Gasteiger partial charge >= 0.3 is 5.97 Å². The molecule has 5 nitrogen and oxygen atoms in total. The van der Waals surface area contributed by atoms with Crippen molar-refractivity contribution in [2.24, 2.45) is 0 Å². The Hall–Kier alpha value is -4.42. The van der Waals surface area contributed by atoms with Gasteiger partial charge in [0.05, 0.1) is 23.3 Å². The van der Waals surface area contributed by atoms with Crippen molar-refractivity contribution in [1.29, 1.82) is 0 Å². The zero-order valence-corrected chi connectivity index (χ0v) is 24.9. The van der Waals surface area contributed by atoms with E-state index in [1.165, 1.54) is 12.1 Å². The quantitative estimate of drug-likeness (QED) is 0.200. The molecule has 1 aliphatic heterocycles. The van der Waals surface area contributed by atoms with Crippen LogP contribution in [0.4, 0.5) is 4.39 Å². The van der Waals surface area contributed by atoms with Crippen molar-refractivity contribution in [3.63, 3.8) is 0 Å². The first-order chi connectivity index (χ1) is 20.6. The molecule has 0 spiro atoms. The number of carboxylic acids is 1. The number of carbonyl (C=O) groups is 1. The van der Waals surface area contributed by atoms with E-state index in [9.17, 15) is 14.3 Å². The number of nitrogens with zero attached hydrogens (tertiary/aromatic N) is 1. The Morgan fingerprint density at radius 3 is 2.33 bits per heavy atom.